The molecule has 4 nitrogen and oxygen atoms in total. The molecule has 0 bridgehead atoms. The second-order valence-electron chi connectivity index (χ2n) is 4.41. The molecule has 1 aliphatic rings. The van der Waals surface area contributed by atoms with Gasteiger partial charge in [0.15, 0.2) is 0 Å². The van der Waals surface area contributed by atoms with E-state index in [0.717, 1.165) is 5.56 Å². The average molecular weight is 233 g/mol. The van der Waals surface area contributed by atoms with Crippen LogP contribution in [0.2, 0.25) is 0 Å². The molecule has 1 N–H and O–H groups in total. The van der Waals surface area contributed by atoms with Gasteiger partial charge >= 0.3 is 5.97 Å². The third-order valence-electron chi connectivity index (χ3n) is 2.60. The lowest BCUT2D eigenvalue weighted by molar-refractivity contribution is -0.123. The largest absolute Gasteiger partial charge is 0.453 e. The van der Waals surface area contributed by atoms with Crippen molar-refractivity contribution in [1.29, 1.82) is 0 Å². The van der Waals surface area contributed by atoms with Gasteiger partial charge in [-0.15, -0.1) is 0 Å². The number of fused-ring (bicyclic) bond motifs is 1. The molecule has 0 aliphatic carbocycles. The molecule has 1 amide bonds. The first kappa shape index (κ1) is 11.6. The number of rotatable bonds is 3. The van der Waals surface area contributed by atoms with E-state index in [0.29, 0.717) is 5.56 Å². The molecule has 0 aromatic heterocycles. The number of cyclic esters (lactones) is 1. The van der Waals surface area contributed by atoms with E-state index in [1.165, 1.54) is 0 Å². The van der Waals surface area contributed by atoms with Crippen LogP contribution in [0.5, 0.6) is 0 Å². The van der Waals surface area contributed by atoms with Crippen molar-refractivity contribution in [2.45, 2.75) is 32.4 Å². The fraction of sp³-hybridized carbons (Fsp3) is 0.385. The van der Waals surface area contributed by atoms with Gasteiger partial charge in [0, 0.05) is 11.6 Å². The van der Waals surface area contributed by atoms with Crippen LogP contribution >= 0.6 is 0 Å². The maximum absolute atomic E-state index is 11.6. The van der Waals surface area contributed by atoms with Crippen LogP contribution in [0.25, 0.3) is 0 Å². The fourth-order valence-corrected chi connectivity index (χ4v) is 1.92. The molecule has 1 heterocycles. The summed E-state index contributed by atoms with van der Waals surface area (Å²) in [6.07, 6.45) is -0.265. The van der Waals surface area contributed by atoms with Crippen LogP contribution in [-0.2, 0) is 9.53 Å². The van der Waals surface area contributed by atoms with Crippen molar-refractivity contribution in [3.05, 3.63) is 35.4 Å². The Hall–Kier alpha value is -1.84. The molecule has 1 aliphatic heterocycles. The first-order valence-corrected chi connectivity index (χ1v) is 5.67. The average Bonchev–Trinajstić information content (AvgIpc) is 2.55. The van der Waals surface area contributed by atoms with Crippen molar-refractivity contribution in [3.8, 4) is 0 Å². The third-order valence-corrected chi connectivity index (χ3v) is 2.60. The van der Waals surface area contributed by atoms with E-state index in [1.54, 1.807) is 12.1 Å². The molecule has 1 aromatic carbocycles. The minimum absolute atomic E-state index is 0.0925. The molecule has 2 rings (SSSR count). The molecule has 0 radical (unpaired) electrons. The smallest absolute Gasteiger partial charge is 0.339 e. The summed E-state index contributed by atoms with van der Waals surface area (Å²) in [6, 6.07) is 7.27. The lowest BCUT2D eigenvalue weighted by atomic mass is 10.0. The van der Waals surface area contributed by atoms with E-state index >= 15 is 0 Å². The van der Waals surface area contributed by atoms with Crippen LogP contribution in [0.15, 0.2) is 24.3 Å². The molecule has 0 saturated heterocycles. The summed E-state index contributed by atoms with van der Waals surface area (Å²) in [6.45, 7) is 3.79. The predicted octanol–water partition coefficient (Wildman–Crippen LogP) is 1.81. The Balaban J connectivity index is 2.10. The third kappa shape index (κ3) is 2.46. The number of hydrogen-bond acceptors (Lipinski definition) is 3. The van der Waals surface area contributed by atoms with Gasteiger partial charge in [-0.2, -0.15) is 0 Å². The Morgan fingerprint density at radius 1 is 1.41 bits per heavy atom. The Bertz CT molecular complexity index is 454. The summed E-state index contributed by atoms with van der Waals surface area (Å²) in [5, 5.41) is 2.79. The zero-order valence-electron chi connectivity index (χ0n) is 9.90. The van der Waals surface area contributed by atoms with Crippen LogP contribution in [-0.4, -0.2) is 17.9 Å². The number of esters is 1. The number of nitrogens with one attached hydrogen (secondary N) is 1. The van der Waals surface area contributed by atoms with Gasteiger partial charge in [-0.1, -0.05) is 18.2 Å². The Labute approximate surface area is 100.0 Å². The number of carbonyl (C=O) groups excluding carboxylic acids is 2. The molecule has 1 aromatic rings. The summed E-state index contributed by atoms with van der Waals surface area (Å²) in [5.74, 6) is -0.447. The van der Waals surface area contributed by atoms with Crippen molar-refractivity contribution in [3.63, 3.8) is 0 Å². The molecule has 1 atom stereocenters. The van der Waals surface area contributed by atoms with Crippen molar-refractivity contribution >= 4 is 11.9 Å². The molecular weight excluding hydrogens is 218 g/mol. The van der Waals surface area contributed by atoms with E-state index in [9.17, 15) is 9.59 Å². The van der Waals surface area contributed by atoms with E-state index in [1.807, 2.05) is 26.0 Å². The summed E-state index contributed by atoms with van der Waals surface area (Å²) >= 11 is 0. The normalized spacial score (nSPS) is 17.8. The minimum Gasteiger partial charge on any atom is -0.453 e. The standard InChI is InChI=1S/C13H15NO3/c1-8(2)14-12(15)7-11-9-5-3-4-6-10(9)13(16)17-11/h3-6,8,11H,7H2,1-2H3,(H,14,15). The lowest BCUT2D eigenvalue weighted by Crippen LogP contribution is -2.31. The minimum atomic E-state index is -0.447. The maximum Gasteiger partial charge on any atom is 0.339 e. The lowest BCUT2D eigenvalue weighted by Gasteiger charge is -2.12. The molecular formula is C13H15NO3. The first-order chi connectivity index (χ1) is 8.08. The SMILES string of the molecule is CC(C)NC(=O)CC1OC(=O)c2ccccc21. The second-order valence-corrected chi connectivity index (χ2v) is 4.41. The fourth-order valence-electron chi connectivity index (χ4n) is 1.92. The predicted molar refractivity (Wildman–Crippen MR) is 62.5 cm³/mol. The zero-order valence-corrected chi connectivity index (χ0v) is 9.90. The molecule has 1 unspecified atom stereocenters. The van der Waals surface area contributed by atoms with E-state index in [2.05, 4.69) is 5.32 Å². The molecule has 90 valence electrons. The molecule has 0 saturated carbocycles. The van der Waals surface area contributed by atoms with Crippen molar-refractivity contribution in [1.82, 2.24) is 5.32 Å². The van der Waals surface area contributed by atoms with Crippen molar-refractivity contribution in [2.75, 3.05) is 0 Å². The van der Waals surface area contributed by atoms with Gasteiger partial charge < -0.3 is 10.1 Å². The Morgan fingerprint density at radius 3 is 2.82 bits per heavy atom. The van der Waals surface area contributed by atoms with E-state index < -0.39 is 6.10 Å². The number of benzene rings is 1. The molecule has 4 heteroatoms. The number of carbonyl (C=O) groups is 2. The van der Waals surface area contributed by atoms with Crippen molar-refractivity contribution in [2.24, 2.45) is 0 Å². The van der Waals surface area contributed by atoms with Crippen LogP contribution in [0.3, 0.4) is 0 Å². The molecule has 0 spiro atoms. The van der Waals surface area contributed by atoms with Gasteiger partial charge in [-0.3, -0.25) is 4.79 Å². The van der Waals surface area contributed by atoms with Gasteiger partial charge in [0.05, 0.1) is 12.0 Å². The maximum atomic E-state index is 11.6. The number of amides is 1. The van der Waals surface area contributed by atoms with Crippen molar-refractivity contribution < 1.29 is 14.3 Å². The van der Waals surface area contributed by atoms with Gasteiger partial charge in [0.25, 0.3) is 0 Å². The first-order valence-electron chi connectivity index (χ1n) is 5.67. The zero-order chi connectivity index (χ0) is 12.4. The highest BCUT2D eigenvalue weighted by molar-refractivity contribution is 5.94. The van der Waals surface area contributed by atoms with E-state index in [-0.39, 0.29) is 24.3 Å². The summed E-state index contributed by atoms with van der Waals surface area (Å²) in [4.78, 5) is 23.1. The number of ether oxygens (including phenoxy) is 1. The summed E-state index contributed by atoms with van der Waals surface area (Å²) < 4.78 is 5.18. The summed E-state index contributed by atoms with van der Waals surface area (Å²) in [5.41, 5.74) is 1.37. The molecule has 0 fully saturated rings. The van der Waals surface area contributed by atoms with Gasteiger partial charge in [0.2, 0.25) is 5.91 Å². The van der Waals surface area contributed by atoms with Crippen LogP contribution in [0.4, 0.5) is 0 Å². The van der Waals surface area contributed by atoms with Gasteiger partial charge in [-0.05, 0) is 19.9 Å². The second kappa shape index (κ2) is 4.57. The highest BCUT2D eigenvalue weighted by Crippen LogP contribution is 2.32. The summed E-state index contributed by atoms with van der Waals surface area (Å²) in [7, 11) is 0. The Kier molecular flexibility index (Phi) is 3.13. The van der Waals surface area contributed by atoms with E-state index in [4.69, 9.17) is 4.74 Å². The Morgan fingerprint density at radius 2 is 2.12 bits per heavy atom. The van der Waals surface area contributed by atoms with Crippen LogP contribution in [0, 0.1) is 0 Å². The molecule has 17 heavy (non-hydrogen) atoms. The highest BCUT2D eigenvalue weighted by atomic mass is 16.5. The highest BCUT2D eigenvalue weighted by Gasteiger charge is 2.31. The quantitative estimate of drug-likeness (QED) is 0.810. The van der Waals surface area contributed by atoms with Gasteiger partial charge in [-0.25, -0.2) is 4.79 Å². The number of hydrogen-bond donors (Lipinski definition) is 1. The van der Waals surface area contributed by atoms with Crippen LogP contribution < -0.4 is 5.32 Å². The van der Waals surface area contributed by atoms with Crippen LogP contribution in [0.1, 0.15) is 42.3 Å². The van der Waals surface area contributed by atoms with Gasteiger partial charge in [0.1, 0.15) is 6.10 Å². The monoisotopic (exact) mass is 233 g/mol. The topological polar surface area (TPSA) is 55.4 Å².